The number of hydrogen-bond acceptors (Lipinski definition) is 6. The quantitative estimate of drug-likeness (QED) is 0.387. The molecular formula is C22H19Cl3N4O3. The fraction of sp³-hybridized carbons (Fsp3) is 0.136. The van der Waals surface area contributed by atoms with E-state index in [0.717, 1.165) is 11.3 Å². The van der Waals surface area contributed by atoms with Crippen LogP contribution in [0.4, 0.5) is 11.6 Å². The standard InChI is InChI=1S/C22H18Cl2N4O3.ClH/c1-28-20-14(11-18(21(28)30)31-19-16(23)3-2-4-17(19)24)12-25-22(27-20)26-15-7-5-13(6-8-15)9-10-29;/h2-8,11-12,29H,9-10H2,1H3,(H,25,26,27);1H. The second kappa shape index (κ2) is 10.2. The summed E-state index contributed by atoms with van der Waals surface area (Å²) in [5, 5.41) is 13.3. The first-order chi connectivity index (χ1) is 15.0. The first-order valence-electron chi connectivity index (χ1n) is 9.41. The van der Waals surface area contributed by atoms with Crippen LogP contribution < -0.4 is 15.6 Å². The molecular weight excluding hydrogens is 475 g/mol. The van der Waals surface area contributed by atoms with E-state index in [1.165, 1.54) is 4.57 Å². The lowest BCUT2D eigenvalue weighted by Gasteiger charge is -2.12. The van der Waals surface area contributed by atoms with Crippen molar-refractivity contribution in [2.45, 2.75) is 6.42 Å². The van der Waals surface area contributed by atoms with Crippen LogP contribution in [0.25, 0.3) is 11.0 Å². The largest absolute Gasteiger partial charge is 0.448 e. The van der Waals surface area contributed by atoms with E-state index in [9.17, 15) is 4.79 Å². The average Bonchev–Trinajstić information content (AvgIpc) is 2.76. The summed E-state index contributed by atoms with van der Waals surface area (Å²) in [6.45, 7) is 0.100. The van der Waals surface area contributed by atoms with Gasteiger partial charge in [0.05, 0.1) is 10.0 Å². The number of nitrogens with one attached hydrogen (secondary N) is 1. The van der Waals surface area contributed by atoms with Gasteiger partial charge in [-0.25, -0.2) is 4.98 Å². The average molecular weight is 494 g/mol. The van der Waals surface area contributed by atoms with Crippen LogP contribution in [0.15, 0.2) is 59.5 Å². The van der Waals surface area contributed by atoms with Gasteiger partial charge in [0.25, 0.3) is 5.56 Å². The third kappa shape index (κ3) is 4.97. The summed E-state index contributed by atoms with van der Waals surface area (Å²) in [5.74, 6) is 0.625. The Morgan fingerprint density at radius 2 is 1.81 bits per heavy atom. The molecule has 32 heavy (non-hydrogen) atoms. The van der Waals surface area contributed by atoms with Crippen molar-refractivity contribution in [3.8, 4) is 11.5 Å². The molecule has 0 saturated heterocycles. The lowest BCUT2D eigenvalue weighted by Crippen LogP contribution is -2.19. The van der Waals surface area contributed by atoms with Crippen molar-refractivity contribution < 1.29 is 9.84 Å². The smallest absolute Gasteiger partial charge is 0.294 e. The van der Waals surface area contributed by atoms with E-state index in [-0.39, 0.29) is 36.1 Å². The fourth-order valence-electron chi connectivity index (χ4n) is 3.05. The SMILES string of the molecule is Cl.Cn1c(=O)c(Oc2c(Cl)cccc2Cl)cc2cnc(Nc3ccc(CCO)cc3)nc21. The molecule has 0 saturated carbocycles. The van der Waals surface area contributed by atoms with Crippen molar-refractivity contribution in [2.24, 2.45) is 7.05 Å². The van der Waals surface area contributed by atoms with Crippen molar-refractivity contribution in [2.75, 3.05) is 11.9 Å². The zero-order chi connectivity index (χ0) is 22.0. The van der Waals surface area contributed by atoms with E-state index in [1.54, 1.807) is 37.5 Å². The molecule has 0 aliphatic heterocycles. The Morgan fingerprint density at radius 1 is 1.12 bits per heavy atom. The number of hydrogen-bond donors (Lipinski definition) is 2. The molecule has 7 nitrogen and oxygen atoms in total. The molecule has 0 unspecified atom stereocenters. The molecule has 2 N–H and O–H groups in total. The van der Waals surface area contributed by atoms with Crippen molar-refractivity contribution in [1.29, 1.82) is 0 Å². The highest BCUT2D eigenvalue weighted by atomic mass is 35.5. The number of benzene rings is 2. The van der Waals surface area contributed by atoms with Gasteiger partial charge in [0.1, 0.15) is 5.65 Å². The van der Waals surface area contributed by atoms with Gasteiger partial charge in [0, 0.05) is 30.9 Å². The maximum Gasteiger partial charge on any atom is 0.294 e. The fourth-order valence-corrected chi connectivity index (χ4v) is 3.53. The molecule has 4 rings (SSSR count). The number of pyridine rings is 1. The summed E-state index contributed by atoms with van der Waals surface area (Å²) in [6, 6.07) is 14.1. The third-order valence-electron chi connectivity index (χ3n) is 4.66. The van der Waals surface area contributed by atoms with E-state index in [1.807, 2.05) is 24.3 Å². The van der Waals surface area contributed by atoms with Gasteiger partial charge in [-0.05, 0) is 42.3 Å². The number of halogens is 3. The van der Waals surface area contributed by atoms with E-state index >= 15 is 0 Å². The van der Waals surface area contributed by atoms with Gasteiger partial charge in [-0.15, -0.1) is 12.4 Å². The Morgan fingerprint density at radius 3 is 2.47 bits per heavy atom. The zero-order valence-electron chi connectivity index (χ0n) is 16.9. The summed E-state index contributed by atoms with van der Waals surface area (Å²) in [6.07, 6.45) is 2.20. The summed E-state index contributed by atoms with van der Waals surface area (Å²) in [5.41, 5.74) is 1.87. The van der Waals surface area contributed by atoms with E-state index in [0.29, 0.717) is 33.4 Å². The normalized spacial score (nSPS) is 10.6. The number of aromatic nitrogens is 3. The molecule has 166 valence electrons. The first-order valence-corrected chi connectivity index (χ1v) is 10.2. The number of para-hydroxylation sites is 1. The molecule has 0 amide bonds. The van der Waals surface area contributed by atoms with Crippen LogP contribution in [0, 0.1) is 0 Å². The molecule has 2 aromatic heterocycles. The van der Waals surface area contributed by atoms with Crippen LogP contribution in [0.2, 0.25) is 10.0 Å². The second-order valence-corrected chi connectivity index (χ2v) is 7.61. The van der Waals surface area contributed by atoms with Gasteiger partial charge in [0.15, 0.2) is 11.5 Å². The molecule has 0 radical (unpaired) electrons. The molecule has 4 aromatic rings. The molecule has 10 heteroatoms. The van der Waals surface area contributed by atoms with Gasteiger partial charge in [-0.1, -0.05) is 41.4 Å². The Bertz CT molecular complexity index is 1290. The number of anilines is 2. The maximum absolute atomic E-state index is 12.8. The Balaban J connectivity index is 0.00000289. The Hall–Kier alpha value is -2.84. The molecule has 2 aromatic carbocycles. The van der Waals surface area contributed by atoms with Gasteiger partial charge >= 0.3 is 0 Å². The molecule has 0 bridgehead atoms. The summed E-state index contributed by atoms with van der Waals surface area (Å²) in [7, 11) is 1.60. The molecule has 2 heterocycles. The number of nitrogens with zero attached hydrogens (tertiary/aromatic N) is 3. The molecule has 0 fully saturated rings. The number of ether oxygens (including phenoxy) is 1. The summed E-state index contributed by atoms with van der Waals surface area (Å²) in [4.78, 5) is 21.6. The minimum absolute atomic E-state index is 0. The van der Waals surface area contributed by atoms with Crippen LogP contribution in [-0.2, 0) is 13.5 Å². The van der Waals surface area contributed by atoms with E-state index in [2.05, 4.69) is 15.3 Å². The Kier molecular flexibility index (Phi) is 7.58. The van der Waals surface area contributed by atoms with E-state index in [4.69, 9.17) is 33.0 Å². The zero-order valence-corrected chi connectivity index (χ0v) is 19.2. The van der Waals surface area contributed by atoms with Crippen LogP contribution in [0.1, 0.15) is 5.56 Å². The Labute approximate surface area is 200 Å². The molecule has 0 atom stereocenters. The first kappa shape index (κ1) is 23.8. The third-order valence-corrected chi connectivity index (χ3v) is 5.25. The number of aliphatic hydroxyl groups is 1. The number of fused-ring (bicyclic) bond motifs is 1. The highest BCUT2D eigenvalue weighted by molar-refractivity contribution is 6.37. The second-order valence-electron chi connectivity index (χ2n) is 6.79. The predicted octanol–water partition coefficient (Wildman–Crippen LogP) is 5.13. The summed E-state index contributed by atoms with van der Waals surface area (Å²) >= 11 is 12.3. The minimum Gasteiger partial charge on any atom is -0.448 e. The monoisotopic (exact) mass is 492 g/mol. The van der Waals surface area contributed by atoms with Gasteiger partial charge in [-0.3, -0.25) is 9.36 Å². The van der Waals surface area contributed by atoms with E-state index < -0.39 is 0 Å². The number of aryl methyl sites for hydroxylation is 1. The van der Waals surface area contributed by atoms with Crippen LogP contribution in [0.5, 0.6) is 11.5 Å². The minimum atomic E-state index is -0.388. The highest BCUT2D eigenvalue weighted by Gasteiger charge is 2.15. The van der Waals surface area contributed by atoms with Gasteiger partial charge < -0.3 is 15.2 Å². The lowest BCUT2D eigenvalue weighted by molar-refractivity contribution is 0.299. The van der Waals surface area contributed by atoms with Crippen molar-refractivity contribution in [1.82, 2.24) is 14.5 Å². The topological polar surface area (TPSA) is 89.3 Å². The van der Waals surface area contributed by atoms with Crippen molar-refractivity contribution in [3.05, 3.63) is 80.7 Å². The maximum atomic E-state index is 12.8. The van der Waals surface area contributed by atoms with Crippen LogP contribution in [-0.4, -0.2) is 26.2 Å². The lowest BCUT2D eigenvalue weighted by atomic mass is 10.1. The molecule has 0 aliphatic carbocycles. The molecule has 0 aliphatic rings. The molecule has 0 spiro atoms. The summed E-state index contributed by atoms with van der Waals surface area (Å²) < 4.78 is 7.11. The van der Waals surface area contributed by atoms with Crippen LogP contribution in [0.3, 0.4) is 0 Å². The van der Waals surface area contributed by atoms with Crippen LogP contribution >= 0.6 is 35.6 Å². The van der Waals surface area contributed by atoms with Gasteiger partial charge in [0.2, 0.25) is 5.95 Å². The number of aliphatic hydroxyl groups excluding tert-OH is 1. The van der Waals surface area contributed by atoms with Crippen molar-refractivity contribution >= 4 is 58.3 Å². The van der Waals surface area contributed by atoms with Gasteiger partial charge in [-0.2, -0.15) is 4.98 Å². The number of rotatable bonds is 6. The van der Waals surface area contributed by atoms with Crippen molar-refractivity contribution in [3.63, 3.8) is 0 Å². The predicted molar refractivity (Wildman–Crippen MR) is 129 cm³/mol. The highest BCUT2D eigenvalue weighted by Crippen LogP contribution is 2.35.